The monoisotopic (exact) mass is 266 g/mol. The molecule has 0 aromatic heterocycles. The molecule has 0 heterocycles. The van der Waals surface area contributed by atoms with Gasteiger partial charge in [0.25, 0.3) is 0 Å². The first-order valence-corrected chi connectivity index (χ1v) is 6.47. The molecule has 1 aliphatic rings. The van der Waals surface area contributed by atoms with Crippen molar-refractivity contribution in [3.8, 4) is 17.2 Å². The number of nitrogens with one attached hydrogen (secondary N) is 1. The summed E-state index contributed by atoms with van der Waals surface area (Å²) >= 11 is 0. The molecule has 2 rings (SSSR count). The van der Waals surface area contributed by atoms with Gasteiger partial charge < -0.3 is 25.3 Å². The second-order valence-electron chi connectivity index (χ2n) is 4.79. The Hall–Kier alpha value is -1.62. The van der Waals surface area contributed by atoms with Crippen molar-refractivity contribution in [2.75, 3.05) is 39.7 Å². The van der Waals surface area contributed by atoms with Gasteiger partial charge in [0.1, 0.15) is 0 Å². The van der Waals surface area contributed by atoms with Crippen molar-refractivity contribution >= 4 is 5.69 Å². The third-order valence-electron chi connectivity index (χ3n) is 3.60. The third-order valence-corrected chi connectivity index (χ3v) is 3.60. The van der Waals surface area contributed by atoms with Crippen LogP contribution in [0.15, 0.2) is 12.1 Å². The van der Waals surface area contributed by atoms with Gasteiger partial charge in [-0.3, -0.25) is 0 Å². The van der Waals surface area contributed by atoms with Gasteiger partial charge in [-0.25, -0.2) is 0 Å². The fraction of sp³-hybridized carbons (Fsp3) is 0.571. The lowest BCUT2D eigenvalue weighted by atomic mass is 10.2. The quantitative estimate of drug-likeness (QED) is 0.786. The van der Waals surface area contributed by atoms with Gasteiger partial charge in [0.05, 0.1) is 21.3 Å². The highest BCUT2D eigenvalue weighted by Crippen LogP contribution is 2.41. The van der Waals surface area contributed by atoms with Crippen molar-refractivity contribution in [1.29, 1.82) is 0 Å². The molecule has 0 bridgehead atoms. The Balaban J connectivity index is 2.08. The van der Waals surface area contributed by atoms with E-state index in [2.05, 4.69) is 5.32 Å². The maximum absolute atomic E-state index is 5.64. The highest BCUT2D eigenvalue weighted by atomic mass is 16.5. The highest BCUT2D eigenvalue weighted by molar-refractivity contribution is 5.62. The van der Waals surface area contributed by atoms with Crippen LogP contribution in [0.1, 0.15) is 6.42 Å². The van der Waals surface area contributed by atoms with Crippen LogP contribution >= 0.6 is 0 Å². The zero-order valence-electron chi connectivity index (χ0n) is 11.7. The molecule has 1 aliphatic carbocycles. The Bertz CT molecular complexity index is 412. The molecule has 0 unspecified atom stereocenters. The number of nitrogens with two attached hydrogens (primary N) is 1. The molecule has 5 heteroatoms. The number of benzene rings is 1. The van der Waals surface area contributed by atoms with Gasteiger partial charge in [-0.05, 0) is 24.8 Å². The maximum Gasteiger partial charge on any atom is 0.203 e. The minimum Gasteiger partial charge on any atom is -0.493 e. The number of rotatable bonds is 7. The zero-order chi connectivity index (χ0) is 13.8. The smallest absolute Gasteiger partial charge is 0.203 e. The van der Waals surface area contributed by atoms with Crippen LogP contribution in [0.3, 0.4) is 0 Å². The van der Waals surface area contributed by atoms with E-state index in [1.165, 1.54) is 6.42 Å². The molecule has 1 aromatic carbocycles. The fourth-order valence-electron chi connectivity index (χ4n) is 2.28. The second kappa shape index (κ2) is 6.02. The van der Waals surface area contributed by atoms with Crippen molar-refractivity contribution in [1.82, 2.24) is 0 Å². The summed E-state index contributed by atoms with van der Waals surface area (Å²) < 4.78 is 15.9. The van der Waals surface area contributed by atoms with E-state index in [1.54, 1.807) is 21.3 Å². The first kappa shape index (κ1) is 13.8. The predicted octanol–water partition coefficient (Wildman–Crippen LogP) is 1.72. The lowest BCUT2D eigenvalue weighted by Gasteiger charge is -2.15. The van der Waals surface area contributed by atoms with Crippen LogP contribution < -0.4 is 25.3 Å². The molecule has 0 radical (unpaired) electrons. The van der Waals surface area contributed by atoms with Gasteiger partial charge in [-0.1, -0.05) is 0 Å². The standard InChI is InChI=1S/C14H22N2O3/c1-17-12-5-11(6-13(18-2)14(12)19-3)16-8-10-4-9(10)7-15/h5-6,9-10,16H,4,7-8,15H2,1-3H3/t9-,10-/m1/s1. The summed E-state index contributed by atoms with van der Waals surface area (Å²) in [5.74, 6) is 3.30. The molecule has 0 spiro atoms. The summed E-state index contributed by atoms with van der Waals surface area (Å²) in [5.41, 5.74) is 6.61. The number of ether oxygens (including phenoxy) is 3. The Morgan fingerprint density at radius 1 is 1.11 bits per heavy atom. The van der Waals surface area contributed by atoms with E-state index in [4.69, 9.17) is 19.9 Å². The molecule has 0 aliphatic heterocycles. The first-order chi connectivity index (χ1) is 9.23. The van der Waals surface area contributed by atoms with Crippen molar-refractivity contribution in [3.05, 3.63) is 12.1 Å². The van der Waals surface area contributed by atoms with Crippen molar-refractivity contribution in [3.63, 3.8) is 0 Å². The van der Waals surface area contributed by atoms with Gasteiger partial charge in [0.15, 0.2) is 11.5 Å². The molecule has 2 atom stereocenters. The summed E-state index contributed by atoms with van der Waals surface area (Å²) in [4.78, 5) is 0. The van der Waals surface area contributed by atoms with Gasteiger partial charge >= 0.3 is 0 Å². The molecule has 5 nitrogen and oxygen atoms in total. The average Bonchev–Trinajstić information content (AvgIpc) is 3.22. The molecule has 19 heavy (non-hydrogen) atoms. The molecule has 1 fully saturated rings. The highest BCUT2D eigenvalue weighted by Gasteiger charge is 2.35. The van der Waals surface area contributed by atoms with Crippen LogP contribution in [0.5, 0.6) is 17.2 Å². The molecule has 0 saturated heterocycles. The Morgan fingerprint density at radius 2 is 1.74 bits per heavy atom. The van der Waals surface area contributed by atoms with Crippen LogP contribution in [-0.2, 0) is 0 Å². The largest absolute Gasteiger partial charge is 0.493 e. The van der Waals surface area contributed by atoms with E-state index in [0.717, 1.165) is 18.8 Å². The van der Waals surface area contributed by atoms with Gasteiger partial charge in [0, 0.05) is 24.4 Å². The van der Waals surface area contributed by atoms with Crippen LogP contribution in [0, 0.1) is 11.8 Å². The zero-order valence-corrected chi connectivity index (χ0v) is 11.7. The number of hydrogen-bond donors (Lipinski definition) is 2. The molecular formula is C14H22N2O3. The van der Waals surface area contributed by atoms with E-state index in [1.807, 2.05) is 12.1 Å². The maximum atomic E-state index is 5.64. The Morgan fingerprint density at radius 3 is 2.16 bits per heavy atom. The second-order valence-corrected chi connectivity index (χ2v) is 4.79. The summed E-state index contributed by atoms with van der Waals surface area (Å²) in [6.07, 6.45) is 1.22. The van der Waals surface area contributed by atoms with E-state index >= 15 is 0 Å². The summed E-state index contributed by atoms with van der Waals surface area (Å²) in [5, 5.41) is 3.40. The lowest BCUT2D eigenvalue weighted by Crippen LogP contribution is -2.09. The Labute approximate surface area is 114 Å². The van der Waals surface area contributed by atoms with Crippen molar-refractivity contribution in [2.45, 2.75) is 6.42 Å². The predicted molar refractivity (Wildman–Crippen MR) is 75.2 cm³/mol. The van der Waals surface area contributed by atoms with E-state index in [-0.39, 0.29) is 0 Å². The van der Waals surface area contributed by atoms with E-state index in [9.17, 15) is 0 Å². The Kier molecular flexibility index (Phi) is 4.37. The number of hydrogen-bond acceptors (Lipinski definition) is 5. The summed E-state index contributed by atoms with van der Waals surface area (Å²) in [6, 6.07) is 3.84. The molecule has 3 N–H and O–H groups in total. The van der Waals surface area contributed by atoms with Crippen LogP contribution in [0.25, 0.3) is 0 Å². The lowest BCUT2D eigenvalue weighted by molar-refractivity contribution is 0.324. The number of methoxy groups -OCH3 is 3. The minimum atomic E-state index is 0.613. The average molecular weight is 266 g/mol. The van der Waals surface area contributed by atoms with Crippen LogP contribution in [0.2, 0.25) is 0 Å². The molecule has 106 valence electrons. The van der Waals surface area contributed by atoms with E-state index in [0.29, 0.717) is 29.1 Å². The molecular weight excluding hydrogens is 244 g/mol. The van der Waals surface area contributed by atoms with Crippen molar-refractivity contribution in [2.24, 2.45) is 17.6 Å². The third kappa shape index (κ3) is 3.04. The SMILES string of the molecule is COc1cc(NC[C@H]2C[C@@H]2CN)cc(OC)c1OC. The molecule has 1 aromatic rings. The molecule has 0 amide bonds. The van der Waals surface area contributed by atoms with Crippen LogP contribution in [0.4, 0.5) is 5.69 Å². The van der Waals surface area contributed by atoms with Gasteiger partial charge in [0.2, 0.25) is 5.75 Å². The normalized spacial score (nSPS) is 20.8. The van der Waals surface area contributed by atoms with Crippen molar-refractivity contribution < 1.29 is 14.2 Å². The van der Waals surface area contributed by atoms with Gasteiger partial charge in [-0.2, -0.15) is 0 Å². The molecule has 1 saturated carbocycles. The minimum absolute atomic E-state index is 0.613. The van der Waals surface area contributed by atoms with Gasteiger partial charge in [-0.15, -0.1) is 0 Å². The topological polar surface area (TPSA) is 65.7 Å². The summed E-state index contributed by atoms with van der Waals surface area (Å²) in [7, 11) is 4.84. The fourth-order valence-corrected chi connectivity index (χ4v) is 2.28. The van der Waals surface area contributed by atoms with E-state index < -0.39 is 0 Å². The number of anilines is 1. The first-order valence-electron chi connectivity index (χ1n) is 6.47. The van der Waals surface area contributed by atoms with Crippen LogP contribution in [-0.4, -0.2) is 34.4 Å². The summed E-state index contributed by atoms with van der Waals surface area (Å²) in [6.45, 7) is 1.71.